The molecule has 0 aliphatic rings. The summed E-state index contributed by atoms with van der Waals surface area (Å²) in [7, 11) is 0. The van der Waals surface area contributed by atoms with E-state index in [1.807, 2.05) is 35.0 Å². The van der Waals surface area contributed by atoms with Gasteiger partial charge in [0.05, 0.1) is 12.7 Å². The third-order valence-electron chi connectivity index (χ3n) is 3.05. The standard InChI is InChI=1S/C14H13ClN4/c15-13-4-2-1-3-11(13)9-19-14-12(8-18-19)5-10(6-16)7-17-14/h1-5,7-8H,6,9,16H2. The van der Waals surface area contributed by atoms with Crippen LogP contribution in [0.15, 0.2) is 42.7 Å². The van der Waals surface area contributed by atoms with Gasteiger partial charge in [-0.05, 0) is 23.3 Å². The summed E-state index contributed by atoms with van der Waals surface area (Å²) in [5.74, 6) is 0. The lowest BCUT2D eigenvalue weighted by molar-refractivity contribution is 0.704. The molecule has 0 radical (unpaired) electrons. The minimum atomic E-state index is 0.485. The van der Waals surface area contributed by atoms with Crippen molar-refractivity contribution in [2.45, 2.75) is 13.1 Å². The van der Waals surface area contributed by atoms with E-state index >= 15 is 0 Å². The molecular weight excluding hydrogens is 260 g/mol. The van der Waals surface area contributed by atoms with E-state index in [9.17, 15) is 0 Å². The lowest BCUT2D eigenvalue weighted by Crippen LogP contribution is -2.03. The summed E-state index contributed by atoms with van der Waals surface area (Å²) in [6, 6.07) is 9.76. The maximum atomic E-state index is 6.16. The van der Waals surface area contributed by atoms with Crippen LogP contribution in [0.5, 0.6) is 0 Å². The molecule has 19 heavy (non-hydrogen) atoms. The number of halogens is 1. The van der Waals surface area contributed by atoms with E-state index in [1.54, 1.807) is 12.4 Å². The van der Waals surface area contributed by atoms with Gasteiger partial charge in [0.2, 0.25) is 0 Å². The number of hydrogen-bond donors (Lipinski definition) is 1. The van der Waals surface area contributed by atoms with Crippen molar-refractivity contribution in [3.8, 4) is 0 Å². The fourth-order valence-electron chi connectivity index (χ4n) is 2.03. The van der Waals surface area contributed by atoms with Crippen molar-refractivity contribution < 1.29 is 0 Å². The van der Waals surface area contributed by atoms with Gasteiger partial charge in [0.1, 0.15) is 0 Å². The van der Waals surface area contributed by atoms with Crippen LogP contribution in [0, 0.1) is 0 Å². The predicted octanol–water partition coefficient (Wildman–Crippen LogP) is 2.59. The van der Waals surface area contributed by atoms with Gasteiger partial charge in [0.15, 0.2) is 5.65 Å². The summed E-state index contributed by atoms with van der Waals surface area (Å²) in [6.45, 7) is 1.09. The monoisotopic (exact) mass is 272 g/mol. The van der Waals surface area contributed by atoms with E-state index < -0.39 is 0 Å². The minimum Gasteiger partial charge on any atom is -0.326 e. The van der Waals surface area contributed by atoms with Crippen molar-refractivity contribution in [1.82, 2.24) is 14.8 Å². The Hall–Kier alpha value is -1.91. The highest BCUT2D eigenvalue weighted by atomic mass is 35.5. The molecule has 0 spiro atoms. The third kappa shape index (κ3) is 2.32. The van der Waals surface area contributed by atoms with Crippen molar-refractivity contribution >= 4 is 22.6 Å². The first-order valence-electron chi connectivity index (χ1n) is 6.02. The van der Waals surface area contributed by atoms with Gasteiger partial charge in [0.25, 0.3) is 0 Å². The van der Waals surface area contributed by atoms with Gasteiger partial charge >= 0.3 is 0 Å². The number of nitrogens with two attached hydrogens (primary N) is 1. The highest BCUT2D eigenvalue weighted by molar-refractivity contribution is 6.31. The fourth-order valence-corrected chi connectivity index (χ4v) is 2.23. The maximum Gasteiger partial charge on any atom is 0.158 e. The number of fused-ring (bicyclic) bond motifs is 1. The molecular formula is C14H13ClN4. The zero-order valence-corrected chi connectivity index (χ0v) is 11.0. The highest BCUT2D eigenvalue weighted by Crippen LogP contribution is 2.19. The van der Waals surface area contributed by atoms with E-state index in [1.165, 1.54) is 0 Å². The number of nitrogens with zero attached hydrogens (tertiary/aromatic N) is 3. The van der Waals surface area contributed by atoms with Crippen LogP contribution in [0.1, 0.15) is 11.1 Å². The Morgan fingerprint density at radius 1 is 1.21 bits per heavy atom. The van der Waals surface area contributed by atoms with E-state index in [2.05, 4.69) is 10.1 Å². The lowest BCUT2D eigenvalue weighted by atomic mass is 10.2. The molecule has 0 saturated heterocycles. The summed E-state index contributed by atoms with van der Waals surface area (Å²) < 4.78 is 1.84. The second kappa shape index (κ2) is 4.99. The Labute approximate surface area is 115 Å². The number of rotatable bonds is 3. The molecule has 0 aliphatic carbocycles. The lowest BCUT2D eigenvalue weighted by Gasteiger charge is -2.05. The van der Waals surface area contributed by atoms with E-state index in [0.717, 1.165) is 27.2 Å². The SMILES string of the molecule is NCc1cnc2c(cnn2Cc2ccccc2Cl)c1. The molecule has 3 rings (SSSR count). The van der Waals surface area contributed by atoms with Crippen molar-refractivity contribution in [2.75, 3.05) is 0 Å². The van der Waals surface area contributed by atoms with Crippen molar-refractivity contribution in [3.63, 3.8) is 0 Å². The maximum absolute atomic E-state index is 6.16. The van der Waals surface area contributed by atoms with Crippen LogP contribution in [-0.4, -0.2) is 14.8 Å². The Morgan fingerprint density at radius 3 is 2.84 bits per heavy atom. The molecule has 3 aromatic rings. The van der Waals surface area contributed by atoms with Crippen LogP contribution < -0.4 is 5.73 Å². The summed E-state index contributed by atoms with van der Waals surface area (Å²) in [6.07, 6.45) is 3.59. The number of hydrogen-bond acceptors (Lipinski definition) is 3. The Balaban J connectivity index is 2.00. The average Bonchev–Trinajstić information content (AvgIpc) is 2.83. The van der Waals surface area contributed by atoms with Crippen LogP contribution in [0.4, 0.5) is 0 Å². The Kier molecular flexibility index (Phi) is 3.19. The molecule has 96 valence electrons. The number of aromatic nitrogens is 3. The minimum absolute atomic E-state index is 0.485. The van der Waals surface area contributed by atoms with E-state index in [0.29, 0.717) is 13.1 Å². The second-order valence-electron chi connectivity index (χ2n) is 4.35. The topological polar surface area (TPSA) is 56.7 Å². The molecule has 0 atom stereocenters. The van der Waals surface area contributed by atoms with Crippen molar-refractivity contribution in [1.29, 1.82) is 0 Å². The summed E-state index contributed by atoms with van der Waals surface area (Å²) in [5, 5.41) is 6.10. The van der Waals surface area contributed by atoms with Crippen molar-refractivity contribution in [2.24, 2.45) is 5.73 Å². The summed E-state index contributed by atoms with van der Waals surface area (Å²) in [4.78, 5) is 4.42. The Morgan fingerprint density at radius 2 is 2.05 bits per heavy atom. The number of benzene rings is 1. The largest absolute Gasteiger partial charge is 0.326 e. The third-order valence-corrected chi connectivity index (χ3v) is 3.41. The molecule has 4 nitrogen and oxygen atoms in total. The van der Waals surface area contributed by atoms with E-state index in [-0.39, 0.29) is 0 Å². The molecule has 0 bridgehead atoms. The first-order valence-corrected chi connectivity index (χ1v) is 6.39. The van der Waals surface area contributed by atoms with Crippen LogP contribution >= 0.6 is 11.6 Å². The van der Waals surface area contributed by atoms with Crippen molar-refractivity contribution in [3.05, 3.63) is 58.9 Å². The second-order valence-corrected chi connectivity index (χ2v) is 4.76. The van der Waals surface area contributed by atoms with Crippen LogP contribution in [0.25, 0.3) is 11.0 Å². The highest BCUT2D eigenvalue weighted by Gasteiger charge is 2.07. The molecule has 0 unspecified atom stereocenters. The average molecular weight is 273 g/mol. The number of pyridine rings is 1. The van der Waals surface area contributed by atoms with Gasteiger partial charge in [-0.3, -0.25) is 0 Å². The van der Waals surface area contributed by atoms with Gasteiger partial charge in [-0.15, -0.1) is 0 Å². The molecule has 0 aliphatic heterocycles. The Bertz CT molecular complexity index is 720. The first kappa shape index (κ1) is 12.1. The van der Waals surface area contributed by atoms with Gasteiger partial charge in [0, 0.05) is 23.2 Å². The van der Waals surface area contributed by atoms with Crippen LogP contribution in [0.3, 0.4) is 0 Å². The smallest absolute Gasteiger partial charge is 0.158 e. The fraction of sp³-hybridized carbons (Fsp3) is 0.143. The normalized spacial score (nSPS) is 11.1. The molecule has 0 amide bonds. The molecule has 5 heteroatoms. The molecule has 0 fully saturated rings. The zero-order chi connectivity index (χ0) is 13.2. The van der Waals surface area contributed by atoms with Crippen LogP contribution in [0.2, 0.25) is 5.02 Å². The first-order chi connectivity index (χ1) is 9.28. The molecule has 2 N–H and O–H groups in total. The molecule has 1 aromatic carbocycles. The molecule has 0 saturated carbocycles. The predicted molar refractivity (Wildman–Crippen MR) is 76.0 cm³/mol. The van der Waals surface area contributed by atoms with Gasteiger partial charge in [-0.2, -0.15) is 5.10 Å². The quantitative estimate of drug-likeness (QED) is 0.797. The molecule has 2 aromatic heterocycles. The van der Waals surface area contributed by atoms with Gasteiger partial charge in [-0.25, -0.2) is 9.67 Å². The summed E-state index contributed by atoms with van der Waals surface area (Å²) >= 11 is 6.16. The zero-order valence-electron chi connectivity index (χ0n) is 10.3. The van der Waals surface area contributed by atoms with Gasteiger partial charge < -0.3 is 5.73 Å². The summed E-state index contributed by atoms with van der Waals surface area (Å²) in [5.41, 5.74) is 8.48. The van der Waals surface area contributed by atoms with Crippen LogP contribution in [-0.2, 0) is 13.1 Å². The van der Waals surface area contributed by atoms with Gasteiger partial charge in [-0.1, -0.05) is 29.8 Å². The van der Waals surface area contributed by atoms with E-state index in [4.69, 9.17) is 17.3 Å². The molecule has 2 heterocycles.